The highest BCUT2D eigenvalue weighted by atomic mass is 31.2. The molecule has 0 bridgehead atoms. The van der Waals surface area contributed by atoms with E-state index in [-0.39, 0.29) is 25.7 Å². The fraction of sp³-hybridized carbons (Fsp3) is 0.946. The Hall–Kier alpha value is -1.94. The molecule has 0 saturated carbocycles. The molecule has 3 N–H and O–H groups in total. The number of rotatable bonds is 73. The van der Waals surface area contributed by atoms with Crippen LogP contribution in [0.25, 0.3) is 0 Å². The van der Waals surface area contributed by atoms with Crippen LogP contribution in [0, 0.1) is 11.8 Å². The van der Waals surface area contributed by atoms with Crippen molar-refractivity contribution >= 4 is 39.5 Å². The summed E-state index contributed by atoms with van der Waals surface area (Å²) < 4.78 is 68.4. The van der Waals surface area contributed by atoms with E-state index in [9.17, 15) is 43.2 Å². The van der Waals surface area contributed by atoms with Gasteiger partial charge in [-0.3, -0.25) is 37.3 Å². The lowest BCUT2D eigenvalue weighted by Gasteiger charge is -2.21. The van der Waals surface area contributed by atoms with Gasteiger partial charge in [0.05, 0.1) is 26.4 Å². The van der Waals surface area contributed by atoms with Gasteiger partial charge in [-0.25, -0.2) is 9.13 Å². The van der Waals surface area contributed by atoms with E-state index in [1.165, 1.54) is 193 Å². The first kappa shape index (κ1) is 91.1. The summed E-state index contributed by atoms with van der Waals surface area (Å²) >= 11 is 0. The largest absolute Gasteiger partial charge is 0.472 e. The maximum Gasteiger partial charge on any atom is 0.472 e. The summed E-state index contributed by atoms with van der Waals surface area (Å²) in [5.41, 5.74) is 0. The lowest BCUT2D eigenvalue weighted by atomic mass is 9.99. The van der Waals surface area contributed by atoms with Crippen molar-refractivity contribution in [2.75, 3.05) is 39.6 Å². The summed E-state index contributed by atoms with van der Waals surface area (Å²) in [5, 5.41) is 10.6. The standard InChI is InChI=1S/C74H144O17P2/c1-7-10-12-14-16-18-19-20-21-22-23-24-25-30-33-40-46-52-58-73(78)90-70(63-85-72(77)57-51-45-39-32-29-27-26-28-31-36-42-48-54-66(4)5)65-89-93(82,83)87-61-68(75)60-86-92(80,81)88-64-69(62-84-71(76)56-50-44-38-17-15-13-11-8-2)91-74(79)59-53-47-41-35-34-37-43-49-55-67(6)9-3/h66-70,75H,7-65H2,1-6H3,(H,80,81)(H,82,83)/t67?,68-,69+,70+/m0/s1. The van der Waals surface area contributed by atoms with Gasteiger partial charge in [0.15, 0.2) is 12.2 Å². The van der Waals surface area contributed by atoms with Gasteiger partial charge in [0.1, 0.15) is 19.3 Å². The number of carbonyl (C=O) groups is 4. The van der Waals surface area contributed by atoms with Crippen molar-refractivity contribution in [3.05, 3.63) is 0 Å². The molecular weight excluding hydrogens is 1220 g/mol. The zero-order chi connectivity index (χ0) is 68.6. The Morgan fingerprint density at radius 2 is 0.548 bits per heavy atom. The summed E-state index contributed by atoms with van der Waals surface area (Å²) in [6.45, 7) is 9.56. The third-order valence-electron chi connectivity index (χ3n) is 17.6. The Kier molecular flexibility index (Phi) is 64.6. The van der Waals surface area contributed by atoms with Gasteiger partial charge in [-0.2, -0.15) is 0 Å². The molecule has 0 spiro atoms. The fourth-order valence-corrected chi connectivity index (χ4v) is 12.8. The summed E-state index contributed by atoms with van der Waals surface area (Å²) in [4.78, 5) is 72.6. The second-order valence-corrected chi connectivity index (χ2v) is 30.3. The van der Waals surface area contributed by atoms with Gasteiger partial charge in [-0.05, 0) is 37.5 Å². The topological polar surface area (TPSA) is 237 Å². The molecule has 0 aliphatic rings. The summed E-state index contributed by atoms with van der Waals surface area (Å²) in [6.07, 6.45) is 52.7. The number of aliphatic hydroxyl groups excluding tert-OH is 1. The number of carbonyl (C=O) groups excluding carboxylic acids is 4. The lowest BCUT2D eigenvalue weighted by molar-refractivity contribution is -0.161. The highest BCUT2D eigenvalue weighted by molar-refractivity contribution is 7.47. The number of unbranched alkanes of at least 4 members (excludes halogenated alkanes) is 42. The van der Waals surface area contributed by atoms with Crippen LogP contribution in [0.15, 0.2) is 0 Å². The van der Waals surface area contributed by atoms with E-state index >= 15 is 0 Å². The van der Waals surface area contributed by atoms with Crippen molar-refractivity contribution in [3.8, 4) is 0 Å². The van der Waals surface area contributed by atoms with E-state index in [0.29, 0.717) is 25.7 Å². The second-order valence-electron chi connectivity index (χ2n) is 27.4. The van der Waals surface area contributed by atoms with Crippen molar-refractivity contribution in [2.45, 2.75) is 400 Å². The van der Waals surface area contributed by atoms with Crippen LogP contribution in [0.2, 0.25) is 0 Å². The molecule has 0 saturated heterocycles. The number of phosphoric ester groups is 2. The fourth-order valence-electron chi connectivity index (χ4n) is 11.3. The summed E-state index contributed by atoms with van der Waals surface area (Å²) in [6, 6.07) is 0. The molecule has 0 aromatic rings. The van der Waals surface area contributed by atoms with E-state index in [0.717, 1.165) is 108 Å². The molecule has 0 amide bonds. The monoisotopic (exact) mass is 1370 g/mol. The van der Waals surface area contributed by atoms with E-state index in [1.54, 1.807) is 0 Å². The molecule has 3 unspecified atom stereocenters. The van der Waals surface area contributed by atoms with Gasteiger partial charge in [0.2, 0.25) is 0 Å². The second kappa shape index (κ2) is 66.0. The quantitative estimate of drug-likeness (QED) is 0.0222. The molecule has 0 aromatic heterocycles. The molecule has 0 aliphatic carbocycles. The predicted molar refractivity (Wildman–Crippen MR) is 377 cm³/mol. The molecule has 0 aliphatic heterocycles. The third-order valence-corrected chi connectivity index (χ3v) is 19.5. The van der Waals surface area contributed by atoms with Crippen LogP contribution < -0.4 is 0 Å². The van der Waals surface area contributed by atoms with E-state index in [1.807, 2.05) is 0 Å². The SMILES string of the molecule is CCCCCCCCCCCCCCCCCCCCC(=O)O[C@H](COC(=O)CCCCCCCCCCCCCCC(C)C)COP(=O)(O)OC[C@@H](O)COP(=O)(O)OC[C@@H](COC(=O)CCCCCCCCCC)OC(=O)CCCCCCCCCCC(C)CC. The average Bonchev–Trinajstić information content (AvgIpc) is 1.47. The smallest absolute Gasteiger partial charge is 0.462 e. The first-order valence-electron chi connectivity index (χ1n) is 38.5. The summed E-state index contributed by atoms with van der Waals surface area (Å²) in [7, 11) is -9.90. The number of hydrogen-bond donors (Lipinski definition) is 3. The first-order chi connectivity index (χ1) is 44.9. The van der Waals surface area contributed by atoms with Crippen LogP contribution in [0.3, 0.4) is 0 Å². The number of esters is 4. The van der Waals surface area contributed by atoms with Crippen LogP contribution in [0.4, 0.5) is 0 Å². The van der Waals surface area contributed by atoms with Crippen LogP contribution in [-0.4, -0.2) is 96.7 Å². The van der Waals surface area contributed by atoms with Crippen molar-refractivity contribution in [1.82, 2.24) is 0 Å². The Bertz CT molecular complexity index is 1810. The van der Waals surface area contributed by atoms with Crippen molar-refractivity contribution in [2.24, 2.45) is 11.8 Å². The number of aliphatic hydroxyl groups is 1. The van der Waals surface area contributed by atoms with Crippen molar-refractivity contribution in [3.63, 3.8) is 0 Å². The minimum Gasteiger partial charge on any atom is -0.462 e. The molecule has 93 heavy (non-hydrogen) atoms. The highest BCUT2D eigenvalue weighted by Gasteiger charge is 2.30. The van der Waals surface area contributed by atoms with Gasteiger partial charge in [0.25, 0.3) is 0 Å². The first-order valence-corrected chi connectivity index (χ1v) is 41.5. The Morgan fingerprint density at radius 3 is 0.817 bits per heavy atom. The zero-order valence-electron chi connectivity index (χ0n) is 60.6. The van der Waals surface area contributed by atoms with Gasteiger partial charge < -0.3 is 33.8 Å². The summed E-state index contributed by atoms with van der Waals surface area (Å²) in [5.74, 6) is -0.570. The number of phosphoric acid groups is 2. The van der Waals surface area contributed by atoms with Gasteiger partial charge in [-0.15, -0.1) is 0 Å². The minimum atomic E-state index is -4.96. The molecule has 0 aromatic carbocycles. The number of hydrogen-bond acceptors (Lipinski definition) is 15. The van der Waals surface area contributed by atoms with Crippen LogP contribution in [0.5, 0.6) is 0 Å². The molecule has 19 heteroatoms. The van der Waals surface area contributed by atoms with Gasteiger partial charge >= 0.3 is 39.5 Å². The lowest BCUT2D eigenvalue weighted by Crippen LogP contribution is -2.30. The van der Waals surface area contributed by atoms with E-state index in [4.69, 9.17) is 37.0 Å². The highest BCUT2D eigenvalue weighted by Crippen LogP contribution is 2.45. The predicted octanol–water partition coefficient (Wildman–Crippen LogP) is 21.6. The average molecular weight is 1370 g/mol. The molecule has 6 atom stereocenters. The van der Waals surface area contributed by atoms with Crippen LogP contribution in [-0.2, 0) is 65.4 Å². The van der Waals surface area contributed by atoms with Gasteiger partial charge in [-0.1, -0.05) is 330 Å². The van der Waals surface area contributed by atoms with Crippen LogP contribution in [0.1, 0.15) is 382 Å². The number of ether oxygens (including phenoxy) is 4. The molecular formula is C74H144O17P2. The van der Waals surface area contributed by atoms with E-state index < -0.39 is 97.5 Å². The Morgan fingerprint density at radius 1 is 0.312 bits per heavy atom. The molecule has 0 rings (SSSR count). The third kappa shape index (κ3) is 67.0. The van der Waals surface area contributed by atoms with Gasteiger partial charge in [0, 0.05) is 25.7 Å². The Labute approximate surface area is 568 Å². The van der Waals surface area contributed by atoms with Crippen LogP contribution >= 0.6 is 15.6 Å². The van der Waals surface area contributed by atoms with Crippen molar-refractivity contribution in [1.29, 1.82) is 0 Å². The molecule has 17 nitrogen and oxygen atoms in total. The minimum absolute atomic E-state index is 0.105. The Balaban J connectivity index is 5.22. The molecule has 0 fully saturated rings. The normalized spacial score (nSPS) is 14.3. The maximum atomic E-state index is 13.1. The van der Waals surface area contributed by atoms with E-state index in [2.05, 4.69) is 41.5 Å². The maximum absolute atomic E-state index is 13.1. The molecule has 0 heterocycles. The molecule has 552 valence electrons. The zero-order valence-corrected chi connectivity index (χ0v) is 62.3. The van der Waals surface area contributed by atoms with Crippen molar-refractivity contribution < 1.29 is 80.2 Å². The molecule has 0 radical (unpaired) electrons.